The number of imidazole rings is 1. The molecule has 1 aliphatic rings. The second-order valence-corrected chi connectivity index (χ2v) is 4.09. The summed E-state index contributed by atoms with van der Waals surface area (Å²) in [6.45, 7) is 4.11. The Morgan fingerprint density at radius 1 is 1.33 bits per heavy atom. The molecule has 1 aromatic heterocycles. The summed E-state index contributed by atoms with van der Waals surface area (Å²) >= 11 is 0. The fraction of sp³-hybridized carbons (Fsp3) is 0.308. The maximum Gasteiger partial charge on any atom is 0.231 e. The van der Waals surface area contributed by atoms with E-state index in [1.54, 1.807) is 0 Å². The molecule has 2 aromatic rings. The number of nitrogens with zero attached hydrogens (tertiary/aromatic N) is 2. The van der Waals surface area contributed by atoms with E-state index in [0.717, 1.165) is 36.0 Å². The Kier molecular flexibility index (Phi) is 2.90. The second-order valence-electron chi connectivity index (χ2n) is 4.09. The molecule has 2 heterocycles. The van der Waals surface area contributed by atoms with Crippen molar-refractivity contribution in [3.05, 3.63) is 36.4 Å². The van der Waals surface area contributed by atoms with Gasteiger partial charge in [0, 0.05) is 18.8 Å². The molecule has 3 rings (SSSR count). The van der Waals surface area contributed by atoms with Crippen molar-refractivity contribution in [1.82, 2.24) is 14.9 Å². The van der Waals surface area contributed by atoms with Crippen LogP contribution in [0.4, 0.5) is 0 Å². The molecule has 0 radical (unpaired) electrons. The summed E-state index contributed by atoms with van der Waals surface area (Å²) in [6, 6.07) is 5.87. The quantitative estimate of drug-likeness (QED) is 0.890. The highest BCUT2D eigenvalue weighted by atomic mass is 16.7. The monoisotopic (exact) mass is 245 g/mol. The summed E-state index contributed by atoms with van der Waals surface area (Å²) in [7, 11) is 0. The van der Waals surface area contributed by atoms with Gasteiger partial charge in [-0.1, -0.05) is 6.92 Å². The zero-order valence-electron chi connectivity index (χ0n) is 10.2. The van der Waals surface area contributed by atoms with Crippen LogP contribution in [0.3, 0.4) is 0 Å². The summed E-state index contributed by atoms with van der Waals surface area (Å²) in [4.78, 5) is 4.35. The third-order valence-corrected chi connectivity index (χ3v) is 2.85. The van der Waals surface area contributed by atoms with E-state index in [9.17, 15) is 0 Å². The van der Waals surface area contributed by atoms with Gasteiger partial charge in [0.2, 0.25) is 6.79 Å². The van der Waals surface area contributed by atoms with Crippen LogP contribution in [0, 0.1) is 0 Å². The van der Waals surface area contributed by atoms with Gasteiger partial charge in [-0.25, -0.2) is 4.98 Å². The van der Waals surface area contributed by atoms with E-state index in [4.69, 9.17) is 9.47 Å². The van der Waals surface area contributed by atoms with Crippen molar-refractivity contribution in [2.45, 2.75) is 13.5 Å². The lowest BCUT2D eigenvalue weighted by atomic mass is 10.3. The maximum atomic E-state index is 5.36. The molecule has 1 aromatic carbocycles. The maximum absolute atomic E-state index is 5.36. The Labute approximate surface area is 105 Å². The minimum atomic E-state index is 0.300. The van der Waals surface area contributed by atoms with E-state index in [1.165, 1.54) is 0 Å². The van der Waals surface area contributed by atoms with Gasteiger partial charge in [-0.15, -0.1) is 0 Å². The van der Waals surface area contributed by atoms with Gasteiger partial charge in [-0.3, -0.25) is 0 Å². The highest BCUT2D eigenvalue weighted by molar-refractivity contribution is 5.50. The van der Waals surface area contributed by atoms with Crippen molar-refractivity contribution in [3.63, 3.8) is 0 Å². The van der Waals surface area contributed by atoms with Gasteiger partial charge in [-0.05, 0) is 18.7 Å². The molecule has 0 fully saturated rings. The molecule has 0 saturated heterocycles. The molecule has 94 valence electrons. The predicted molar refractivity (Wildman–Crippen MR) is 67.1 cm³/mol. The Bertz CT molecular complexity index is 551. The van der Waals surface area contributed by atoms with Crippen LogP contribution in [-0.4, -0.2) is 22.9 Å². The lowest BCUT2D eigenvalue weighted by Crippen LogP contribution is -2.11. The Balaban J connectivity index is 1.83. The molecule has 0 saturated carbocycles. The average Bonchev–Trinajstić information content (AvgIpc) is 3.04. The molecule has 1 aliphatic heterocycles. The first kappa shape index (κ1) is 11.1. The van der Waals surface area contributed by atoms with Gasteiger partial charge in [-0.2, -0.15) is 0 Å². The molecule has 0 atom stereocenters. The lowest BCUT2D eigenvalue weighted by Gasteiger charge is -2.03. The van der Waals surface area contributed by atoms with Gasteiger partial charge in [0.25, 0.3) is 0 Å². The minimum Gasteiger partial charge on any atom is -0.454 e. The van der Waals surface area contributed by atoms with E-state index in [2.05, 4.69) is 17.2 Å². The number of benzene rings is 1. The van der Waals surface area contributed by atoms with Crippen molar-refractivity contribution in [1.29, 1.82) is 0 Å². The average molecular weight is 245 g/mol. The third-order valence-electron chi connectivity index (χ3n) is 2.85. The molecule has 5 nitrogen and oxygen atoms in total. The summed E-state index contributed by atoms with van der Waals surface area (Å²) in [5, 5.41) is 3.25. The molecule has 0 aliphatic carbocycles. The number of nitrogens with one attached hydrogen (secondary N) is 1. The fourth-order valence-electron chi connectivity index (χ4n) is 1.89. The fourth-order valence-corrected chi connectivity index (χ4v) is 1.89. The lowest BCUT2D eigenvalue weighted by molar-refractivity contribution is 0.174. The zero-order valence-corrected chi connectivity index (χ0v) is 10.2. The molecular formula is C13H15N3O2. The first-order chi connectivity index (χ1) is 8.86. The molecule has 0 unspecified atom stereocenters. The number of aromatic nitrogens is 2. The summed E-state index contributed by atoms with van der Waals surface area (Å²) in [6.07, 6.45) is 3.82. The summed E-state index contributed by atoms with van der Waals surface area (Å²) in [5.41, 5.74) is 2.05. The van der Waals surface area contributed by atoms with Crippen LogP contribution >= 0.6 is 0 Å². The standard InChI is InChI=1S/C13H15N3O2/c1-2-14-6-10-7-16(8-15-10)11-3-4-12-13(5-11)18-9-17-12/h3-5,7-8,14H,2,6,9H2,1H3. The largest absolute Gasteiger partial charge is 0.454 e. The number of hydrogen-bond acceptors (Lipinski definition) is 4. The van der Waals surface area contributed by atoms with Crippen LogP contribution in [0.25, 0.3) is 5.69 Å². The molecule has 0 bridgehead atoms. The van der Waals surface area contributed by atoms with Crippen LogP contribution in [0.5, 0.6) is 11.5 Å². The van der Waals surface area contributed by atoms with Gasteiger partial charge in [0.15, 0.2) is 11.5 Å². The Hall–Kier alpha value is -2.01. The predicted octanol–water partition coefficient (Wildman–Crippen LogP) is 1.71. The first-order valence-corrected chi connectivity index (χ1v) is 6.00. The minimum absolute atomic E-state index is 0.300. The number of ether oxygens (including phenoxy) is 2. The molecule has 1 N–H and O–H groups in total. The zero-order chi connectivity index (χ0) is 12.4. The number of hydrogen-bond donors (Lipinski definition) is 1. The number of rotatable bonds is 4. The van der Waals surface area contributed by atoms with Gasteiger partial charge < -0.3 is 19.4 Å². The number of fused-ring (bicyclic) bond motifs is 1. The van der Waals surface area contributed by atoms with Gasteiger partial charge in [0.1, 0.15) is 0 Å². The Morgan fingerprint density at radius 3 is 3.11 bits per heavy atom. The molecule has 0 amide bonds. The van der Waals surface area contributed by atoms with Crippen molar-refractivity contribution in [2.75, 3.05) is 13.3 Å². The molecule has 5 heteroatoms. The SMILES string of the molecule is CCNCc1cn(-c2ccc3c(c2)OCO3)cn1. The van der Waals surface area contributed by atoms with E-state index >= 15 is 0 Å². The molecule has 0 spiro atoms. The van der Waals surface area contributed by atoms with Crippen LogP contribution in [-0.2, 0) is 6.54 Å². The van der Waals surface area contributed by atoms with Gasteiger partial charge in [0.05, 0.1) is 17.7 Å². The molecule has 18 heavy (non-hydrogen) atoms. The van der Waals surface area contributed by atoms with E-state index in [1.807, 2.05) is 35.3 Å². The van der Waals surface area contributed by atoms with E-state index in [0.29, 0.717) is 6.79 Å². The van der Waals surface area contributed by atoms with E-state index < -0.39 is 0 Å². The molecular weight excluding hydrogens is 230 g/mol. The van der Waals surface area contributed by atoms with Crippen molar-refractivity contribution in [3.8, 4) is 17.2 Å². The highest BCUT2D eigenvalue weighted by Crippen LogP contribution is 2.33. The van der Waals surface area contributed by atoms with Crippen molar-refractivity contribution >= 4 is 0 Å². The normalized spacial score (nSPS) is 12.9. The van der Waals surface area contributed by atoms with E-state index in [-0.39, 0.29) is 0 Å². The smallest absolute Gasteiger partial charge is 0.231 e. The summed E-state index contributed by atoms with van der Waals surface area (Å²) < 4.78 is 12.6. The topological polar surface area (TPSA) is 48.3 Å². The van der Waals surface area contributed by atoms with Crippen molar-refractivity contribution < 1.29 is 9.47 Å². The van der Waals surface area contributed by atoms with Crippen LogP contribution < -0.4 is 14.8 Å². The van der Waals surface area contributed by atoms with Crippen molar-refractivity contribution in [2.24, 2.45) is 0 Å². The first-order valence-electron chi connectivity index (χ1n) is 6.00. The van der Waals surface area contributed by atoms with Crippen LogP contribution in [0.1, 0.15) is 12.6 Å². The summed E-state index contributed by atoms with van der Waals surface area (Å²) in [5.74, 6) is 1.58. The Morgan fingerprint density at radius 2 is 2.22 bits per heavy atom. The van der Waals surface area contributed by atoms with Crippen LogP contribution in [0.2, 0.25) is 0 Å². The second kappa shape index (κ2) is 4.70. The third kappa shape index (κ3) is 2.04. The highest BCUT2D eigenvalue weighted by Gasteiger charge is 2.13. The van der Waals surface area contributed by atoms with Gasteiger partial charge >= 0.3 is 0 Å². The van der Waals surface area contributed by atoms with Crippen LogP contribution in [0.15, 0.2) is 30.7 Å².